The highest BCUT2D eigenvalue weighted by Gasteiger charge is 2.19. The molecule has 2 aromatic carbocycles. The highest BCUT2D eigenvalue weighted by molar-refractivity contribution is 5.85. The Labute approximate surface area is 187 Å². The van der Waals surface area contributed by atoms with Crippen LogP contribution in [-0.4, -0.2) is 50.2 Å². The van der Waals surface area contributed by atoms with Gasteiger partial charge in [0.2, 0.25) is 0 Å². The molecule has 1 heterocycles. The Morgan fingerprint density at radius 2 is 1.57 bits per heavy atom. The van der Waals surface area contributed by atoms with Gasteiger partial charge in [-0.05, 0) is 42.5 Å². The van der Waals surface area contributed by atoms with Gasteiger partial charge in [-0.15, -0.1) is 12.4 Å². The SMILES string of the molecule is CC(C)Cc1ccc(C(C)C(=O)OCCN2CCN(c3ccccc3)CC2)cc1.Cl. The smallest absolute Gasteiger partial charge is 0.313 e. The fourth-order valence-electron chi connectivity index (χ4n) is 3.82. The van der Waals surface area contributed by atoms with Gasteiger partial charge in [0.15, 0.2) is 0 Å². The maximum Gasteiger partial charge on any atom is 0.313 e. The molecule has 2 aromatic rings. The van der Waals surface area contributed by atoms with E-state index in [1.54, 1.807) is 0 Å². The van der Waals surface area contributed by atoms with E-state index in [0.717, 1.165) is 44.7 Å². The second-order valence-electron chi connectivity index (χ2n) is 8.39. The molecule has 4 nitrogen and oxygen atoms in total. The van der Waals surface area contributed by atoms with Crippen LogP contribution in [0.15, 0.2) is 54.6 Å². The van der Waals surface area contributed by atoms with Crippen molar-refractivity contribution < 1.29 is 9.53 Å². The Bertz CT molecular complexity index is 756. The third kappa shape index (κ3) is 7.03. The number of rotatable bonds is 8. The minimum atomic E-state index is -0.224. The van der Waals surface area contributed by atoms with E-state index in [4.69, 9.17) is 4.74 Å². The van der Waals surface area contributed by atoms with E-state index < -0.39 is 0 Å². The number of halogens is 1. The van der Waals surface area contributed by atoms with E-state index in [1.165, 1.54) is 11.3 Å². The van der Waals surface area contributed by atoms with E-state index in [-0.39, 0.29) is 24.3 Å². The van der Waals surface area contributed by atoms with Gasteiger partial charge in [-0.3, -0.25) is 9.69 Å². The lowest BCUT2D eigenvalue weighted by Crippen LogP contribution is -2.47. The van der Waals surface area contributed by atoms with Gasteiger partial charge < -0.3 is 9.64 Å². The number of piperazine rings is 1. The molecule has 3 rings (SSSR count). The van der Waals surface area contributed by atoms with Gasteiger partial charge in [0.1, 0.15) is 6.61 Å². The van der Waals surface area contributed by atoms with Crippen molar-refractivity contribution in [3.05, 3.63) is 65.7 Å². The highest BCUT2D eigenvalue weighted by Crippen LogP contribution is 2.19. The van der Waals surface area contributed by atoms with Crippen LogP contribution in [-0.2, 0) is 16.0 Å². The summed E-state index contributed by atoms with van der Waals surface area (Å²) in [6.07, 6.45) is 1.07. The summed E-state index contributed by atoms with van der Waals surface area (Å²) in [5.74, 6) is 0.278. The number of hydrogen-bond donors (Lipinski definition) is 0. The molecule has 1 atom stereocenters. The van der Waals surface area contributed by atoms with Crippen LogP contribution in [0.3, 0.4) is 0 Å². The second-order valence-corrected chi connectivity index (χ2v) is 8.39. The lowest BCUT2D eigenvalue weighted by atomic mass is 9.97. The molecule has 1 unspecified atom stereocenters. The second kappa shape index (κ2) is 12.0. The Kier molecular flexibility index (Phi) is 9.67. The van der Waals surface area contributed by atoms with Crippen molar-refractivity contribution in [2.45, 2.75) is 33.1 Å². The number of esters is 1. The molecule has 0 aliphatic carbocycles. The first-order valence-corrected chi connectivity index (χ1v) is 10.8. The maximum atomic E-state index is 12.4. The minimum absolute atomic E-state index is 0. The Balaban J connectivity index is 0.00000320. The molecule has 1 fully saturated rings. The first-order valence-electron chi connectivity index (χ1n) is 10.8. The maximum absolute atomic E-state index is 12.4. The molecule has 0 N–H and O–H groups in total. The molecule has 0 aromatic heterocycles. The highest BCUT2D eigenvalue weighted by atomic mass is 35.5. The van der Waals surface area contributed by atoms with Crippen molar-refractivity contribution in [3.8, 4) is 0 Å². The summed E-state index contributed by atoms with van der Waals surface area (Å²) < 4.78 is 5.57. The molecule has 1 aliphatic rings. The average molecular weight is 431 g/mol. The molecule has 0 spiro atoms. The number of anilines is 1. The third-order valence-electron chi connectivity index (χ3n) is 5.62. The molecule has 1 saturated heterocycles. The summed E-state index contributed by atoms with van der Waals surface area (Å²) in [7, 11) is 0. The van der Waals surface area contributed by atoms with E-state index in [2.05, 4.69) is 78.2 Å². The van der Waals surface area contributed by atoms with Gasteiger partial charge in [0, 0.05) is 38.4 Å². The molecular formula is C25H35ClN2O2. The summed E-state index contributed by atoms with van der Waals surface area (Å²) in [6.45, 7) is 11.6. The average Bonchev–Trinajstić information content (AvgIpc) is 2.74. The lowest BCUT2D eigenvalue weighted by molar-refractivity contribution is -0.145. The Hall–Kier alpha value is -2.04. The summed E-state index contributed by atoms with van der Waals surface area (Å²) >= 11 is 0. The predicted octanol–water partition coefficient (Wildman–Crippen LogP) is 4.78. The number of benzene rings is 2. The Morgan fingerprint density at radius 1 is 0.933 bits per heavy atom. The van der Waals surface area contributed by atoms with Crippen molar-refractivity contribution in [1.82, 2.24) is 4.90 Å². The minimum Gasteiger partial charge on any atom is -0.464 e. The number of carbonyl (C=O) groups excluding carboxylic acids is 1. The van der Waals surface area contributed by atoms with Crippen LogP contribution in [0.25, 0.3) is 0 Å². The van der Waals surface area contributed by atoms with E-state index in [9.17, 15) is 4.79 Å². The normalized spacial score (nSPS) is 15.5. The zero-order chi connectivity index (χ0) is 20.6. The first kappa shape index (κ1) is 24.2. The molecule has 30 heavy (non-hydrogen) atoms. The monoisotopic (exact) mass is 430 g/mol. The van der Waals surface area contributed by atoms with E-state index in [1.807, 2.05) is 6.92 Å². The van der Waals surface area contributed by atoms with Crippen molar-refractivity contribution in [1.29, 1.82) is 0 Å². The van der Waals surface area contributed by atoms with Crippen molar-refractivity contribution in [2.75, 3.05) is 44.2 Å². The number of hydrogen-bond acceptors (Lipinski definition) is 4. The first-order chi connectivity index (χ1) is 14.0. The van der Waals surface area contributed by atoms with E-state index in [0.29, 0.717) is 12.5 Å². The van der Waals surface area contributed by atoms with Crippen LogP contribution in [0.1, 0.15) is 37.8 Å². The van der Waals surface area contributed by atoms with Gasteiger partial charge in [-0.1, -0.05) is 56.3 Å². The number of carbonyl (C=O) groups is 1. The standard InChI is InChI=1S/C25H34N2O2.ClH/c1-20(2)19-22-9-11-23(12-10-22)21(3)25(28)29-18-17-26-13-15-27(16-14-26)24-7-5-4-6-8-24;/h4-12,20-21H,13-19H2,1-3H3;1H. The number of nitrogens with zero attached hydrogens (tertiary/aromatic N) is 2. The van der Waals surface area contributed by atoms with E-state index >= 15 is 0 Å². The van der Waals surface area contributed by atoms with Crippen LogP contribution in [0, 0.1) is 5.92 Å². The predicted molar refractivity (Wildman–Crippen MR) is 127 cm³/mol. The molecule has 0 saturated carbocycles. The van der Waals surface area contributed by atoms with Gasteiger partial charge in [0.25, 0.3) is 0 Å². The van der Waals surface area contributed by atoms with Crippen LogP contribution in [0.4, 0.5) is 5.69 Å². The van der Waals surface area contributed by atoms with Crippen molar-refractivity contribution >= 4 is 24.1 Å². The van der Waals surface area contributed by atoms with Gasteiger partial charge >= 0.3 is 5.97 Å². The summed E-state index contributed by atoms with van der Waals surface area (Å²) in [5.41, 5.74) is 3.63. The molecular weight excluding hydrogens is 396 g/mol. The van der Waals surface area contributed by atoms with Crippen LogP contribution >= 0.6 is 12.4 Å². The summed E-state index contributed by atoms with van der Waals surface area (Å²) in [5, 5.41) is 0. The van der Waals surface area contributed by atoms with Crippen LogP contribution in [0.2, 0.25) is 0 Å². The zero-order valence-corrected chi connectivity index (χ0v) is 19.2. The van der Waals surface area contributed by atoms with Gasteiger partial charge in [-0.25, -0.2) is 0 Å². The summed E-state index contributed by atoms with van der Waals surface area (Å²) in [6, 6.07) is 18.9. The fraction of sp³-hybridized carbons (Fsp3) is 0.480. The Morgan fingerprint density at radius 3 is 2.17 bits per heavy atom. The largest absolute Gasteiger partial charge is 0.464 e. The topological polar surface area (TPSA) is 32.8 Å². The number of ether oxygens (including phenoxy) is 1. The zero-order valence-electron chi connectivity index (χ0n) is 18.4. The molecule has 0 radical (unpaired) electrons. The van der Waals surface area contributed by atoms with Crippen LogP contribution < -0.4 is 4.90 Å². The van der Waals surface area contributed by atoms with Crippen LogP contribution in [0.5, 0.6) is 0 Å². The van der Waals surface area contributed by atoms with Crippen molar-refractivity contribution in [3.63, 3.8) is 0 Å². The molecule has 0 amide bonds. The quantitative estimate of drug-likeness (QED) is 0.564. The molecule has 5 heteroatoms. The summed E-state index contributed by atoms with van der Waals surface area (Å²) in [4.78, 5) is 17.2. The fourth-order valence-corrected chi connectivity index (χ4v) is 3.82. The van der Waals surface area contributed by atoms with Crippen molar-refractivity contribution in [2.24, 2.45) is 5.92 Å². The molecule has 164 valence electrons. The third-order valence-corrected chi connectivity index (χ3v) is 5.62. The molecule has 1 aliphatic heterocycles. The van der Waals surface area contributed by atoms with Gasteiger partial charge in [0.05, 0.1) is 5.92 Å². The van der Waals surface area contributed by atoms with Gasteiger partial charge in [-0.2, -0.15) is 0 Å². The molecule has 0 bridgehead atoms. The number of para-hydroxylation sites is 1. The lowest BCUT2D eigenvalue weighted by Gasteiger charge is -2.36.